The Labute approximate surface area is 202 Å². The summed E-state index contributed by atoms with van der Waals surface area (Å²) in [6.45, 7) is 0. The zero-order valence-corrected chi connectivity index (χ0v) is 19.4. The Morgan fingerprint density at radius 2 is 1.74 bits per heavy atom. The van der Waals surface area contributed by atoms with Crippen molar-refractivity contribution in [2.75, 3.05) is 12.0 Å². The Kier molecular flexibility index (Phi) is 6.55. The second-order valence-electron chi connectivity index (χ2n) is 7.10. The summed E-state index contributed by atoms with van der Waals surface area (Å²) in [5, 5.41) is 2.17. The number of anilines is 1. The minimum absolute atomic E-state index is 0.134. The molecule has 3 aromatic carbocycles. The van der Waals surface area contributed by atoms with Crippen LogP contribution >= 0.6 is 15.9 Å². The van der Waals surface area contributed by atoms with Crippen LogP contribution in [0.15, 0.2) is 82.8 Å². The van der Waals surface area contributed by atoms with E-state index in [0.717, 1.165) is 4.90 Å². The van der Waals surface area contributed by atoms with Gasteiger partial charge in [-0.25, -0.2) is 14.5 Å². The van der Waals surface area contributed by atoms with Crippen LogP contribution in [-0.4, -0.2) is 30.9 Å². The fourth-order valence-corrected chi connectivity index (χ4v) is 3.63. The standard InChI is InChI=1S/C25H17BrN2O6/c1-33-19-9-5-8-18(14-19)28-23(30)20(22(29)27-25(28)32)13-16-12-17(26)10-11-21(16)34-24(31)15-6-3-2-4-7-15/h2-14H,1H3,(H,27,29,32)/b20-13-. The van der Waals surface area contributed by atoms with Crippen LogP contribution in [0.25, 0.3) is 6.08 Å². The topological polar surface area (TPSA) is 102 Å². The number of nitrogens with one attached hydrogen (secondary N) is 1. The number of hydrogen-bond donors (Lipinski definition) is 1. The van der Waals surface area contributed by atoms with E-state index in [4.69, 9.17) is 9.47 Å². The minimum atomic E-state index is -0.884. The van der Waals surface area contributed by atoms with Crippen molar-refractivity contribution in [2.24, 2.45) is 0 Å². The van der Waals surface area contributed by atoms with Crippen LogP contribution in [0.3, 0.4) is 0 Å². The molecule has 1 N–H and O–H groups in total. The van der Waals surface area contributed by atoms with E-state index in [2.05, 4.69) is 21.2 Å². The first-order valence-corrected chi connectivity index (χ1v) is 10.8. The number of esters is 1. The summed E-state index contributed by atoms with van der Waals surface area (Å²) in [5.74, 6) is -1.73. The molecule has 1 saturated heterocycles. The molecule has 3 aromatic rings. The number of urea groups is 1. The van der Waals surface area contributed by atoms with Gasteiger partial charge in [0.2, 0.25) is 0 Å². The van der Waals surface area contributed by atoms with Gasteiger partial charge < -0.3 is 9.47 Å². The Hall–Kier alpha value is -4.24. The highest BCUT2D eigenvalue weighted by Crippen LogP contribution is 2.29. The number of carbonyl (C=O) groups excluding carboxylic acids is 4. The summed E-state index contributed by atoms with van der Waals surface area (Å²) < 4.78 is 11.3. The summed E-state index contributed by atoms with van der Waals surface area (Å²) in [5.41, 5.74) is 0.546. The van der Waals surface area contributed by atoms with E-state index in [9.17, 15) is 19.2 Å². The molecular formula is C25H17BrN2O6. The summed E-state index contributed by atoms with van der Waals surface area (Å²) in [6, 6.07) is 18.6. The van der Waals surface area contributed by atoms with Gasteiger partial charge in [-0.1, -0.05) is 40.2 Å². The first-order chi connectivity index (χ1) is 16.4. The lowest BCUT2D eigenvalue weighted by Gasteiger charge is -2.26. The normalized spacial score (nSPS) is 14.7. The van der Waals surface area contributed by atoms with Gasteiger partial charge >= 0.3 is 12.0 Å². The molecule has 1 fully saturated rings. The van der Waals surface area contributed by atoms with Crippen molar-refractivity contribution in [3.8, 4) is 11.5 Å². The lowest BCUT2D eigenvalue weighted by molar-refractivity contribution is -0.122. The van der Waals surface area contributed by atoms with E-state index >= 15 is 0 Å². The van der Waals surface area contributed by atoms with Crippen molar-refractivity contribution in [3.05, 3.63) is 94.0 Å². The summed E-state index contributed by atoms with van der Waals surface area (Å²) in [6.07, 6.45) is 1.27. The van der Waals surface area contributed by atoms with E-state index in [1.807, 2.05) is 0 Å². The number of nitrogens with zero attached hydrogens (tertiary/aromatic N) is 1. The maximum absolute atomic E-state index is 13.2. The third kappa shape index (κ3) is 4.74. The molecule has 0 saturated carbocycles. The summed E-state index contributed by atoms with van der Waals surface area (Å²) in [7, 11) is 1.46. The van der Waals surface area contributed by atoms with Gasteiger partial charge in [0.05, 0.1) is 18.4 Å². The SMILES string of the molecule is COc1cccc(N2C(=O)NC(=O)/C(=C/c3cc(Br)ccc3OC(=O)c3ccccc3)C2=O)c1. The van der Waals surface area contributed by atoms with Crippen molar-refractivity contribution in [1.82, 2.24) is 5.32 Å². The maximum atomic E-state index is 13.2. The number of ether oxygens (including phenoxy) is 2. The van der Waals surface area contributed by atoms with Gasteiger partial charge in [-0.2, -0.15) is 0 Å². The third-order valence-electron chi connectivity index (χ3n) is 4.90. The first kappa shape index (κ1) is 22.9. The van der Waals surface area contributed by atoms with Gasteiger partial charge in [-0.15, -0.1) is 0 Å². The molecule has 0 aromatic heterocycles. The molecule has 9 heteroatoms. The quantitative estimate of drug-likeness (QED) is 0.232. The number of halogens is 1. The highest BCUT2D eigenvalue weighted by atomic mass is 79.9. The predicted molar refractivity (Wildman–Crippen MR) is 128 cm³/mol. The number of barbiturate groups is 1. The average Bonchev–Trinajstić information content (AvgIpc) is 2.83. The molecule has 0 spiro atoms. The third-order valence-corrected chi connectivity index (χ3v) is 5.39. The van der Waals surface area contributed by atoms with Crippen LogP contribution in [0.4, 0.5) is 10.5 Å². The number of methoxy groups -OCH3 is 1. The van der Waals surface area contributed by atoms with Crippen molar-refractivity contribution in [3.63, 3.8) is 0 Å². The molecule has 0 atom stereocenters. The molecule has 4 amide bonds. The minimum Gasteiger partial charge on any atom is -0.497 e. The summed E-state index contributed by atoms with van der Waals surface area (Å²) >= 11 is 3.34. The fraction of sp³-hybridized carbons (Fsp3) is 0.0400. The van der Waals surface area contributed by atoms with E-state index < -0.39 is 23.8 Å². The summed E-state index contributed by atoms with van der Waals surface area (Å²) in [4.78, 5) is 51.6. The number of hydrogen-bond acceptors (Lipinski definition) is 6. The van der Waals surface area contributed by atoms with Crippen LogP contribution in [0, 0.1) is 0 Å². The molecule has 1 heterocycles. The smallest absolute Gasteiger partial charge is 0.343 e. The van der Waals surface area contributed by atoms with Crippen molar-refractivity contribution >= 4 is 51.5 Å². The lowest BCUT2D eigenvalue weighted by atomic mass is 10.1. The van der Waals surface area contributed by atoms with Gasteiger partial charge in [0.1, 0.15) is 17.1 Å². The Bertz CT molecular complexity index is 1340. The molecule has 170 valence electrons. The largest absolute Gasteiger partial charge is 0.497 e. The monoisotopic (exact) mass is 520 g/mol. The molecule has 0 radical (unpaired) electrons. The first-order valence-electron chi connectivity index (χ1n) is 9.99. The van der Waals surface area contributed by atoms with Gasteiger partial charge in [-0.05, 0) is 48.5 Å². The predicted octanol–water partition coefficient (Wildman–Crippen LogP) is 4.34. The Morgan fingerprint density at radius 1 is 0.971 bits per heavy atom. The van der Waals surface area contributed by atoms with Gasteiger partial charge in [0.15, 0.2) is 0 Å². The molecule has 34 heavy (non-hydrogen) atoms. The number of amides is 4. The second kappa shape index (κ2) is 9.72. The number of carbonyl (C=O) groups is 4. The second-order valence-corrected chi connectivity index (χ2v) is 8.01. The Balaban J connectivity index is 1.71. The van der Waals surface area contributed by atoms with Gasteiger partial charge in [0, 0.05) is 16.1 Å². The molecule has 8 nitrogen and oxygen atoms in total. The van der Waals surface area contributed by atoms with Crippen molar-refractivity contribution < 1.29 is 28.7 Å². The molecule has 0 aliphatic carbocycles. The van der Waals surface area contributed by atoms with Crippen LogP contribution < -0.4 is 19.7 Å². The maximum Gasteiger partial charge on any atom is 0.343 e. The molecule has 1 aliphatic heterocycles. The van der Waals surface area contributed by atoms with Gasteiger partial charge in [-0.3, -0.25) is 14.9 Å². The van der Waals surface area contributed by atoms with Crippen molar-refractivity contribution in [2.45, 2.75) is 0 Å². The van der Waals surface area contributed by atoms with Crippen LogP contribution in [-0.2, 0) is 9.59 Å². The average molecular weight is 521 g/mol. The van der Waals surface area contributed by atoms with E-state index in [1.54, 1.807) is 60.7 Å². The number of imide groups is 2. The molecule has 4 rings (SSSR count). The molecule has 0 unspecified atom stereocenters. The Morgan fingerprint density at radius 3 is 2.47 bits per heavy atom. The highest BCUT2D eigenvalue weighted by Gasteiger charge is 2.37. The molecular weight excluding hydrogens is 504 g/mol. The molecule has 1 aliphatic rings. The number of benzene rings is 3. The van der Waals surface area contributed by atoms with E-state index in [-0.39, 0.29) is 22.6 Å². The van der Waals surface area contributed by atoms with Crippen LogP contribution in [0.2, 0.25) is 0 Å². The zero-order chi connectivity index (χ0) is 24.2. The van der Waals surface area contributed by atoms with Crippen LogP contribution in [0.1, 0.15) is 15.9 Å². The fourth-order valence-electron chi connectivity index (χ4n) is 3.26. The van der Waals surface area contributed by atoms with Crippen molar-refractivity contribution in [1.29, 1.82) is 0 Å². The van der Waals surface area contributed by atoms with E-state index in [1.165, 1.54) is 25.3 Å². The highest BCUT2D eigenvalue weighted by molar-refractivity contribution is 9.10. The van der Waals surface area contributed by atoms with Crippen LogP contribution in [0.5, 0.6) is 11.5 Å². The van der Waals surface area contributed by atoms with Gasteiger partial charge in [0.25, 0.3) is 11.8 Å². The lowest BCUT2D eigenvalue weighted by Crippen LogP contribution is -2.54. The van der Waals surface area contributed by atoms with E-state index in [0.29, 0.717) is 15.8 Å². The molecule has 0 bridgehead atoms. The number of rotatable bonds is 5. The zero-order valence-electron chi connectivity index (χ0n) is 17.8.